The molecule has 0 bridgehead atoms. The highest BCUT2D eigenvalue weighted by molar-refractivity contribution is 5.32. The predicted molar refractivity (Wildman–Crippen MR) is 79.6 cm³/mol. The Balaban J connectivity index is 2.65. The fourth-order valence-corrected chi connectivity index (χ4v) is 1.95. The molecule has 0 fully saturated rings. The monoisotopic (exact) mass is 265 g/mol. The molecule has 2 N–H and O–H groups in total. The molecule has 0 spiro atoms. The largest absolute Gasteiger partial charge is 0.491 e. The molecule has 1 aromatic carbocycles. The van der Waals surface area contributed by atoms with Crippen LogP contribution in [0.5, 0.6) is 5.75 Å². The zero-order chi connectivity index (χ0) is 14.3. The standard InChI is InChI=1S/C16H27NO2/c1-5-10-17-11-9-16(4,18)14-7-6-8-15(12-14)19-13(2)3/h6-8,12-13,17-18H,5,9-11H2,1-4H3. The number of hydrogen-bond acceptors (Lipinski definition) is 3. The first kappa shape index (κ1) is 16.0. The van der Waals surface area contributed by atoms with Crippen molar-refractivity contribution in [3.8, 4) is 5.75 Å². The number of aliphatic hydroxyl groups is 1. The third-order valence-electron chi connectivity index (χ3n) is 3.04. The number of nitrogens with one attached hydrogen (secondary N) is 1. The van der Waals surface area contributed by atoms with Gasteiger partial charge in [-0.3, -0.25) is 0 Å². The fourth-order valence-electron chi connectivity index (χ4n) is 1.95. The number of benzene rings is 1. The van der Waals surface area contributed by atoms with Crippen molar-refractivity contribution in [3.63, 3.8) is 0 Å². The maximum atomic E-state index is 10.5. The summed E-state index contributed by atoms with van der Waals surface area (Å²) in [5, 5.41) is 13.9. The van der Waals surface area contributed by atoms with Crippen molar-refractivity contribution in [2.75, 3.05) is 13.1 Å². The summed E-state index contributed by atoms with van der Waals surface area (Å²) in [5.41, 5.74) is 0.0841. The lowest BCUT2D eigenvalue weighted by atomic mass is 9.92. The van der Waals surface area contributed by atoms with Gasteiger partial charge in [0, 0.05) is 0 Å². The molecule has 0 saturated heterocycles. The van der Waals surface area contributed by atoms with Gasteiger partial charge in [0.25, 0.3) is 0 Å². The van der Waals surface area contributed by atoms with Crippen LogP contribution < -0.4 is 10.1 Å². The van der Waals surface area contributed by atoms with E-state index < -0.39 is 5.60 Å². The minimum atomic E-state index is -0.822. The maximum Gasteiger partial charge on any atom is 0.120 e. The molecule has 0 aliphatic heterocycles. The smallest absolute Gasteiger partial charge is 0.120 e. The van der Waals surface area contributed by atoms with Crippen LogP contribution in [0.3, 0.4) is 0 Å². The van der Waals surface area contributed by atoms with Gasteiger partial charge in [-0.1, -0.05) is 19.1 Å². The summed E-state index contributed by atoms with van der Waals surface area (Å²) in [6, 6.07) is 7.74. The van der Waals surface area contributed by atoms with Gasteiger partial charge in [-0.15, -0.1) is 0 Å². The summed E-state index contributed by atoms with van der Waals surface area (Å²) in [7, 11) is 0. The van der Waals surface area contributed by atoms with Crippen LogP contribution in [0, 0.1) is 0 Å². The third kappa shape index (κ3) is 5.62. The molecule has 19 heavy (non-hydrogen) atoms. The van der Waals surface area contributed by atoms with Gasteiger partial charge >= 0.3 is 0 Å². The molecule has 0 aliphatic carbocycles. The fraction of sp³-hybridized carbons (Fsp3) is 0.625. The Labute approximate surface area is 117 Å². The zero-order valence-electron chi connectivity index (χ0n) is 12.6. The number of hydrogen-bond donors (Lipinski definition) is 2. The maximum absolute atomic E-state index is 10.5. The molecule has 0 aliphatic rings. The molecule has 0 radical (unpaired) electrons. The van der Waals surface area contributed by atoms with Crippen molar-refractivity contribution in [2.45, 2.75) is 52.2 Å². The summed E-state index contributed by atoms with van der Waals surface area (Å²) in [4.78, 5) is 0. The molecular formula is C16H27NO2. The lowest BCUT2D eigenvalue weighted by Crippen LogP contribution is -2.28. The average Bonchev–Trinajstić information content (AvgIpc) is 2.34. The minimum Gasteiger partial charge on any atom is -0.491 e. The summed E-state index contributed by atoms with van der Waals surface area (Å²) in [5.74, 6) is 0.814. The Hall–Kier alpha value is -1.06. The van der Waals surface area contributed by atoms with E-state index >= 15 is 0 Å². The summed E-state index contributed by atoms with van der Waals surface area (Å²) in [6.45, 7) is 9.80. The van der Waals surface area contributed by atoms with Crippen molar-refractivity contribution in [3.05, 3.63) is 29.8 Å². The van der Waals surface area contributed by atoms with E-state index in [1.807, 2.05) is 45.0 Å². The highest BCUT2D eigenvalue weighted by Gasteiger charge is 2.22. The summed E-state index contributed by atoms with van der Waals surface area (Å²) in [6.07, 6.45) is 1.95. The Morgan fingerprint density at radius 3 is 2.68 bits per heavy atom. The number of rotatable bonds is 8. The molecule has 3 nitrogen and oxygen atoms in total. The van der Waals surface area contributed by atoms with E-state index in [4.69, 9.17) is 4.74 Å². The molecule has 0 amide bonds. The van der Waals surface area contributed by atoms with Gasteiger partial charge in [0.05, 0.1) is 11.7 Å². The Morgan fingerprint density at radius 2 is 2.05 bits per heavy atom. The molecule has 0 aromatic heterocycles. The van der Waals surface area contributed by atoms with Gasteiger partial charge in [0.2, 0.25) is 0 Å². The van der Waals surface area contributed by atoms with E-state index in [0.29, 0.717) is 6.42 Å². The zero-order valence-corrected chi connectivity index (χ0v) is 12.6. The average molecular weight is 265 g/mol. The van der Waals surface area contributed by atoms with Crippen molar-refractivity contribution in [1.29, 1.82) is 0 Å². The lowest BCUT2D eigenvalue weighted by Gasteiger charge is -2.25. The van der Waals surface area contributed by atoms with E-state index in [9.17, 15) is 5.11 Å². The van der Waals surface area contributed by atoms with Gasteiger partial charge in [0.1, 0.15) is 5.75 Å². The van der Waals surface area contributed by atoms with E-state index in [1.165, 1.54) is 0 Å². The van der Waals surface area contributed by atoms with Gasteiger partial charge in [-0.25, -0.2) is 0 Å². The van der Waals surface area contributed by atoms with Gasteiger partial charge in [0.15, 0.2) is 0 Å². The molecule has 1 aromatic rings. The molecule has 108 valence electrons. The normalized spacial score (nSPS) is 14.4. The van der Waals surface area contributed by atoms with Crippen LogP contribution in [0.4, 0.5) is 0 Å². The second-order valence-corrected chi connectivity index (χ2v) is 5.47. The SMILES string of the molecule is CCCNCCC(C)(O)c1cccc(OC(C)C)c1. The van der Waals surface area contributed by atoms with Crippen LogP contribution in [0.1, 0.15) is 46.1 Å². The van der Waals surface area contributed by atoms with Crippen molar-refractivity contribution >= 4 is 0 Å². The van der Waals surface area contributed by atoms with Gasteiger partial charge in [-0.05, 0) is 64.4 Å². The third-order valence-corrected chi connectivity index (χ3v) is 3.04. The predicted octanol–water partition coefficient (Wildman–Crippen LogP) is 3.07. The molecule has 1 rings (SSSR count). The molecule has 1 atom stereocenters. The first-order valence-electron chi connectivity index (χ1n) is 7.16. The van der Waals surface area contributed by atoms with Crippen LogP contribution in [-0.4, -0.2) is 24.3 Å². The molecular weight excluding hydrogens is 238 g/mol. The highest BCUT2D eigenvalue weighted by atomic mass is 16.5. The van der Waals surface area contributed by atoms with Gasteiger partial charge in [-0.2, -0.15) is 0 Å². The van der Waals surface area contributed by atoms with E-state index in [1.54, 1.807) is 0 Å². The first-order chi connectivity index (χ1) is 8.95. The van der Waals surface area contributed by atoms with E-state index in [2.05, 4.69) is 12.2 Å². The summed E-state index contributed by atoms with van der Waals surface area (Å²) < 4.78 is 5.67. The van der Waals surface area contributed by atoms with Crippen molar-refractivity contribution in [1.82, 2.24) is 5.32 Å². The van der Waals surface area contributed by atoms with Gasteiger partial charge < -0.3 is 15.2 Å². The highest BCUT2D eigenvalue weighted by Crippen LogP contribution is 2.27. The van der Waals surface area contributed by atoms with Crippen LogP contribution in [-0.2, 0) is 5.60 Å². The van der Waals surface area contributed by atoms with E-state index in [0.717, 1.165) is 30.8 Å². The summed E-state index contributed by atoms with van der Waals surface area (Å²) >= 11 is 0. The lowest BCUT2D eigenvalue weighted by molar-refractivity contribution is 0.0477. The topological polar surface area (TPSA) is 41.5 Å². The quantitative estimate of drug-likeness (QED) is 0.710. The second-order valence-electron chi connectivity index (χ2n) is 5.47. The van der Waals surface area contributed by atoms with Crippen LogP contribution >= 0.6 is 0 Å². The van der Waals surface area contributed by atoms with Crippen molar-refractivity contribution < 1.29 is 9.84 Å². The molecule has 1 unspecified atom stereocenters. The minimum absolute atomic E-state index is 0.145. The molecule has 3 heteroatoms. The van der Waals surface area contributed by atoms with Crippen LogP contribution in [0.15, 0.2) is 24.3 Å². The Bertz CT molecular complexity index is 375. The van der Waals surface area contributed by atoms with Crippen molar-refractivity contribution in [2.24, 2.45) is 0 Å². The van der Waals surface area contributed by atoms with Crippen LogP contribution in [0.25, 0.3) is 0 Å². The molecule has 0 saturated carbocycles. The van der Waals surface area contributed by atoms with Crippen LogP contribution in [0.2, 0.25) is 0 Å². The number of ether oxygens (including phenoxy) is 1. The second kappa shape index (κ2) is 7.51. The van der Waals surface area contributed by atoms with E-state index in [-0.39, 0.29) is 6.10 Å². The Morgan fingerprint density at radius 1 is 1.32 bits per heavy atom. The Kier molecular flexibility index (Phi) is 6.32. The first-order valence-corrected chi connectivity index (χ1v) is 7.16. The molecule has 0 heterocycles.